The van der Waals surface area contributed by atoms with Crippen LogP contribution in [0.15, 0.2) is 69.2 Å². The maximum atomic E-state index is 12.5. The average molecular weight is 432 g/mol. The van der Waals surface area contributed by atoms with E-state index in [0.29, 0.717) is 27.7 Å². The third-order valence-corrected chi connectivity index (χ3v) is 6.88. The Hall–Kier alpha value is -2.65. The van der Waals surface area contributed by atoms with Crippen molar-refractivity contribution < 1.29 is 17.7 Å². The molecule has 1 amide bonds. The van der Waals surface area contributed by atoms with Gasteiger partial charge in [-0.25, -0.2) is 13.4 Å². The number of carbonyl (C=O) groups excluding carboxylic acids is 1. The van der Waals surface area contributed by atoms with Gasteiger partial charge in [-0.15, -0.1) is 0 Å². The van der Waals surface area contributed by atoms with Gasteiger partial charge in [-0.1, -0.05) is 35.1 Å². The maximum absolute atomic E-state index is 12.5. The van der Waals surface area contributed by atoms with E-state index in [4.69, 9.17) is 4.52 Å². The molecule has 0 atom stereocenters. The molecule has 0 fully saturated rings. The fourth-order valence-corrected chi connectivity index (χ4v) is 4.82. The molecule has 3 rings (SSSR count). The Balaban J connectivity index is 1.53. The molecular formula is C20H21N3O4S2. The molecule has 0 aliphatic heterocycles. The van der Waals surface area contributed by atoms with Crippen LogP contribution in [0.1, 0.15) is 28.2 Å². The summed E-state index contributed by atoms with van der Waals surface area (Å²) >= 11 is 1.39. The number of aryl methyl sites for hydroxylation is 1. The number of sulfone groups is 1. The predicted molar refractivity (Wildman–Crippen MR) is 110 cm³/mol. The van der Waals surface area contributed by atoms with Crippen LogP contribution in [0.2, 0.25) is 0 Å². The molecule has 152 valence electrons. The molecule has 0 radical (unpaired) electrons. The second-order valence-corrected chi connectivity index (χ2v) is 9.39. The number of hydrogen-bond donors (Lipinski definition) is 1. The number of carbonyl (C=O) groups is 1. The van der Waals surface area contributed by atoms with Crippen molar-refractivity contribution in [1.29, 1.82) is 0 Å². The highest BCUT2D eigenvalue weighted by Crippen LogP contribution is 2.24. The average Bonchev–Trinajstić information content (AvgIpc) is 3.15. The number of hydrogen-bond acceptors (Lipinski definition) is 7. The Labute approximate surface area is 173 Å². The van der Waals surface area contributed by atoms with Gasteiger partial charge in [-0.05, 0) is 37.6 Å². The second-order valence-electron chi connectivity index (χ2n) is 6.32. The van der Waals surface area contributed by atoms with Gasteiger partial charge in [-0.2, -0.15) is 0 Å². The van der Waals surface area contributed by atoms with Gasteiger partial charge in [0.05, 0.1) is 21.9 Å². The molecule has 1 N–H and O–H groups in total. The highest BCUT2D eigenvalue weighted by Gasteiger charge is 2.16. The van der Waals surface area contributed by atoms with Crippen LogP contribution >= 0.6 is 11.8 Å². The van der Waals surface area contributed by atoms with Crippen molar-refractivity contribution in [3.63, 3.8) is 0 Å². The standard InChI is InChI=1S/C20H21N3O4S2/c1-15-13-16(23-27-15)14-28-20-18(9-5-10-22-20)19(24)21-11-6-12-29(25,26)17-7-3-2-4-8-17/h2-5,7-10,13H,6,11-12,14H2,1H3,(H,21,24). The topological polar surface area (TPSA) is 102 Å². The van der Waals surface area contributed by atoms with Gasteiger partial charge in [0.25, 0.3) is 5.91 Å². The summed E-state index contributed by atoms with van der Waals surface area (Å²) in [6, 6.07) is 13.5. The van der Waals surface area contributed by atoms with Crippen LogP contribution in [0, 0.1) is 6.92 Å². The number of benzene rings is 1. The molecule has 0 unspecified atom stereocenters. The summed E-state index contributed by atoms with van der Waals surface area (Å²) in [4.78, 5) is 17.1. The van der Waals surface area contributed by atoms with Crippen LogP contribution in [0.25, 0.3) is 0 Å². The van der Waals surface area contributed by atoms with Crippen molar-refractivity contribution in [3.05, 3.63) is 71.7 Å². The highest BCUT2D eigenvalue weighted by molar-refractivity contribution is 7.98. The molecule has 9 heteroatoms. The summed E-state index contributed by atoms with van der Waals surface area (Å²) in [5.41, 5.74) is 1.22. The van der Waals surface area contributed by atoms with E-state index in [0.717, 1.165) is 11.5 Å². The Morgan fingerprint density at radius 1 is 1.17 bits per heavy atom. The Kier molecular flexibility index (Phi) is 7.05. The molecule has 0 bridgehead atoms. The Morgan fingerprint density at radius 3 is 2.69 bits per heavy atom. The van der Waals surface area contributed by atoms with Crippen molar-refractivity contribution in [2.24, 2.45) is 0 Å². The lowest BCUT2D eigenvalue weighted by atomic mass is 10.2. The monoisotopic (exact) mass is 431 g/mol. The van der Waals surface area contributed by atoms with Gasteiger partial charge in [0.1, 0.15) is 10.8 Å². The minimum atomic E-state index is -3.35. The number of nitrogens with one attached hydrogen (secondary N) is 1. The number of pyridine rings is 1. The summed E-state index contributed by atoms with van der Waals surface area (Å²) in [6.45, 7) is 2.07. The summed E-state index contributed by atoms with van der Waals surface area (Å²) in [5.74, 6) is 0.945. The van der Waals surface area contributed by atoms with E-state index in [1.165, 1.54) is 11.8 Å². The fourth-order valence-electron chi connectivity index (χ4n) is 2.61. The molecule has 0 aliphatic rings. The van der Waals surface area contributed by atoms with Crippen molar-refractivity contribution >= 4 is 27.5 Å². The van der Waals surface area contributed by atoms with Gasteiger partial charge < -0.3 is 9.84 Å². The first-order valence-electron chi connectivity index (χ1n) is 9.02. The first-order chi connectivity index (χ1) is 14.0. The Bertz CT molecular complexity index is 1070. The van der Waals surface area contributed by atoms with E-state index in [9.17, 15) is 13.2 Å². The zero-order valence-electron chi connectivity index (χ0n) is 15.9. The van der Waals surface area contributed by atoms with E-state index in [1.807, 2.05) is 13.0 Å². The third-order valence-electron chi connectivity index (χ3n) is 4.03. The lowest BCUT2D eigenvalue weighted by Crippen LogP contribution is -2.26. The molecule has 3 aromatic rings. The van der Waals surface area contributed by atoms with Gasteiger partial charge in [0.2, 0.25) is 0 Å². The third kappa shape index (κ3) is 5.91. The zero-order chi connectivity index (χ0) is 20.7. The van der Waals surface area contributed by atoms with Gasteiger partial charge in [-0.3, -0.25) is 4.79 Å². The first kappa shape index (κ1) is 21.1. The van der Waals surface area contributed by atoms with Gasteiger partial charge >= 0.3 is 0 Å². The Morgan fingerprint density at radius 2 is 1.97 bits per heavy atom. The smallest absolute Gasteiger partial charge is 0.254 e. The van der Waals surface area contributed by atoms with Crippen LogP contribution in [0.3, 0.4) is 0 Å². The first-order valence-corrected chi connectivity index (χ1v) is 11.7. The zero-order valence-corrected chi connectivity index (χ0v) is 17.5. The molecule has 0 saturated heterocycles. The minimum absolute atomic E-state index is 0.0303. The molecular weight excluding hydrogens is 410 g/mol. The summed E-state index contributed by atoms with van der Waals surface area (Å²) in [5, 5.41) is 7.29. The van der Waals surface area contributed by atoms with Gasteiger partial charge in [0.15, 0.2) is 9.84 Å². The van der Waals surface area contributed by atoms with Gasteiger partial charge in [0, 0.05) is 24.6 Å². The highest BCUT2D eigenvalue weighted by atomic mass is 32.2. The molecule has 29 heavy (non-hydrogen) atoms. The van der Waals surface area contributed by atoms with Crippen molar-refractivity contribution in [2.75, 3.05) is 12.3 Å². The lowest BCUT2D eigenvalue weighted by Gasteiger charge is -2.09. The van der Waals surface area contributed by atoms with E-state index >= 15 is 0 Å². The quantitative estimate of drug-likeness (QED) is 0.410. The van der Waals surface area contributed by atoms with Crippen LogP contribution in [-0.4, -0.2) is 36.8 Å². The van der Waals surface area contributed by atoms with Crippen LogP contribution < -0.4 is 5.32 Å². The van der Waals surface area contributed by atoms with E-state index in [2.05, 4.69) is 15.5 Å². The molecule has 0 spiro atoms. The van der Waals surface area contributed by atoms with Crippen LogP contribution in [-0.2, 0) is 15.6 Å². The summed E-state index contributed by atoms with van der Waals surface area (Å²) < 4.78 is 29.6. The minimum Gasteiger partial charge on any atom is -0.361 e. The number of aromatic nitrogens is 2. The van der Waals surface area contributed by atoms with E-state index in [1.54, 1.807) is 48.7 Å². The number of thioether (sulfide) groups is 1. The lowest BCUT2D eigenvalue weighted by molar-refractivity contribution is 0.0950. The molecule has 0 aliphatic carbocycles. The normalized spacial score (nSPS) is 11.3. The number of nitrogens with zero attached hydrogens (tertiary/aromatic N) is 2. The van der Waals surface area contributed by atoms with Crippen molar-refractivity contribution in [1.82, 2.24) is 15.5 Å². The van der Waals surface area contributed by atoms with Crippen LogP contribution in [0.5, 0.6) is 0 Å². The second kappa shape index (κ2) is 9.71. The SMILES string of the molecule is Cc1cc(CSc2ncccc2C(=O)NCCCS(=O)(=O)c2ccccc2)no1. The summed E-state index contributed by atoms with van der Waals surface area (Å²) in [6.07, 6.45) is 1.95. The number of rotatable bonds is 9. The maximum Gasteiger partial charge on any atom is 0.254 e. The van der Waals surface area contributed by atoms with E-state index in [-0.39, 0.29) is 18.2 Å². The molecule has 0 saturated carbocycles. The van der Waals surface area contributed by atoms with Crippen molar-refractivity contribution in [2.45, 2.75) is 29.0 Å². The molecule has 1 aromatic carbocycles. The largest absolute Gasteiger partial charge is 0.361 e. The van der Waals surface area contributed by atoms with Crippen LogP contribution in [0.4, 0.5) is 0 Å². The molecule has 7 nitrogen and oxygen atoms in total. The predicted octanol–water partition coefficient (Wildman–Crippen LogP) is 3.26. The van der Waals surface area contributed by atoms with E-state index < -0.39 is 9.84 Å². The number of amides is 1. The summed E-state index contributed by atoms with van der Waals surface area (Å²) in [7, 11) is -3.35. The molecule has 2 aromatic heterocycles. The fraction of sp³-hybridized carbons (Fsp3) is 0.250. The van der Waals surface area contributed by atoms with Crippen molar-refractivity contribution in [3.8, 4) is 0 Å². The molecule has 2 heterocycles.